The summed E-state index contributed by atoms with van der Waals surface area (Å²) in [5, 5.41) is 0.0208. The van der Waals surface area contributed by atoms with Gasteiger partial charge in [0.2, 0.25) is 11.2 Å². The third-order valence-electron chi connectivity index (χ3n) is 1.85. The van der Waals surface area contributed by atoms with E-state index in [1.807, 2.05) is 0 Å². The molecule has 0 aliphatic rings. The number of nitrogens with two attached hydrogens (primary N) is 1. The molecular formula is C10H6BrClFN3O. The minimum atomic E-state index is -0.377. The average Bonchev–Trinajstić information content (AvgIpc) is 2.27. The van der Waals surface area contributed by atoms with Gasteiger partial charge in [-0.3, -0.25) is 0 Å². The fourth-order valence-corrected chi connectivity index (χ4v) is 1.66. The topological polar surface area (TPSA) is 61.0 Å². The van der Waals surface area contributed by atoms with Crippen LogP contribution in [-0.4, -0.2) is 9.97 Å². The van der Waals surface area contributed by atoms with Crippen molar-refractivity contribution in [2.24, 2.45) is 0 Å². The largest absolute Gasteiger partial charge is 0.436 e. The Balaban J connectivity index is 2.34. The summed E-state index contributed by atoms with van der Waals surface area (Å²) in [5.41, 5.74) is 5.86. The number of hydrogen-bond acceptors (Lipinski definition) is 4. The van der Waals surface area contributed by atoms with Crippen LogP contribution in [0.4, 0.5) is 10.1 Å². The molecule has 0 amide bonds. The number of ether oxygens (including phenoxy) is 1. The Morgan fingerprint density at radius 3 is 2.88 bits per heavy atom. The predicted molar refractivity (Wildman–Crippen MR) is 65.6 cm³/mol. The lowest BCUT2D eigenvalue weighted by Crippen LogP contribution is -1.97. The second-order valence-electron chi connectivity index (χ2n) is 3.08. The molecule has 0 saturated carbocycles. The second kappa shape index (κ2) is 4.85. The number of hydrogen-bond donors (Lipinski definition) is 1. The molecule has 1 aromatic carbocycles. The predicted octanol–water partition coefficient (Wildman–Crippen LogP) is 3.41. The maximum absolute atomic E-state index is 12.9. The minimum Gasteiger partial charge on any atom is -0.436 e. The molecule has 4 nitrogen and oxygen atoms in total. The highest BCUT2D eigenvalue weighted by Gasteiger charge is 2.09. The number of aromatic nitrogens is 2. The molecule has 0 spiro atoms. The standard InChI is InChI=1S/C10H6BrClFN3O/c11-6-3-5(13)1-2-8(6)17-9-7(14)4-15-10(12)16-9/h1-4H,14H2. The zero-order chi connectivity index (χ0) is 12.4. The molecule has 2 rings (SSSR count). The van der Waals surface area contributed by atoms with Gasteiger partial charge in [0.25, 0.3) is 0 Å². The van der Waals surface area contributed by atoms with E-state index in [-0.39, 0.29) is 22.7 Å². The number of nitrogens with zero attached hydrogens (tertiary/aromatic N) is 2. The Morgan fingerprint density at radius 1 is 1.41 bits per heavy atom. The van der Waals surface area contributed by atoms with Crippen LogP contribution in [0, 0.1) is 5.82 Å². The van der Waals surface area contributed by atoms with Gasteiger partial charge in [0, 0.05) is 0 Å². The molecule has 17 heavy (non-hydrogen) atoms. The molecule has 7 heteroatoms. The zero-order valence-corrected chi connectivity index (χ0v) is 10.7. The van der Waals surface area contributed by atoms with Crippen molar-refractivity contribution in [3.05, 3.63) is 40.0 Å². The SMILES string of the molecule is Nc1cnc(Cl)nc1Oc1ccc(F)cc1Br. The van der Waals surface area contributed by atoms with Crippen molar-refractivity contribution in [3.8, 4) is 11.6 Å². The highest BCUT2D eigenvalue weighted by molar-refractivity contribution is 9.10. The summed E-state index contributed by atoms with van der Waals surface area (Å²) in [5.74, 6) is 0.128. The van der Waals surface area contributed by atoms with Crippen LogP contribution in [0.25, 0.3) is 0 Å². The summed E-state index contributed by atoms with van der Waals surface area (Å²) in [4.78, 5) is 7.52. The summed E-state index contributed by atoms with van der Waals surface area (Å²) in [6.07, 6.45) is 1.34. The van der Waals surface area contributed by atoms with Gasteiger partial charge in [0.15, 0.2) is 0 Å². The van der Waals surface area contributed by atoms with E-state index in [2.05, 4.69) is 25.9 Å². The smallest absolute Gasteiger partial charge is 0.247 e. The van der Waals surface area contributed by atoms with Crippen LogP contribution in [0.3, 0.4) is 0 Å². The van der Waals surface area contributed by atoms with E-state index in [4.69, 9.17) is 22.1 Å². The van der Waals surface area contributed by atoms with Gasteiger partial charge in [-0.2, -0.15) is 4.98 Å². The van der Waals surface area contributed by atoms with Crippen molar-refractivity contribution in [2.75, 3.05) is 5.73 Å². The Hall–Kier alpha value is -1.40. The van der Waals surface area contributed by atoms with E-state index < -0.39 is 0 Å². The summed E-state index contributed by atoms with van der Waals surface area (Å²) in [6.45, 7) is 0. The Kier molecular flexibility index (Phi) is 3.44. The lowest BCUT2D eigenvalue weighted by Gasteiger charge is -2.08. The zero-order valence-electron chi connectivity index (χ0n) is 8.32. The van der Waals surface area contributed by atoms with Gasteiger partial charge < -0.3 is 10.5 Å². The Bertz CT molecular complexity index is 567. The van der Waals surface area contributed by atoms with Crippen LogP contribution in [0.1, 0.15) is 0 Å². The third kappa shape index (κ3) is 2.83. The van der Waals surface area contributed by atoms with Crippen molar-refractivity contribution in [1.29, 1.82) is 0 Å². The summed E-state index contributed by atoms with van der Waals surface area (Å²) in [7, 11) is 0. The van der Waals surface area contributed by atoms with E-state index in [9.17, 15) is 4.39 Å². The molecule has 1 heterocycles. The monoisotopic (exact) mass is 317 g/mol. The van der Waals surface area contributed by atoms with Crippen LogP contribution in [-0.2, 0) is 0 Å². The van der Waals surface area contributed by atoms with Crippen molar-refractivity contribution in [1.82, 2.24) is 9.97 Å². The Labute approximate surface area is 110 Å². The molecule has 0 radical (unpaired) electrons. The Morgan fingerprint density at radius 2 is 2.18 bits per heavy atom. The van der Waals surface area contributed by atoms with E-state index in [0.717, 1.165) is 0 Å². The van der Waals surface area contributed by atoms with E-state index in [0.29, 0.717) is 10.2 Å². The van der Waals surface area contributed by atoms with Crippen LogP contribution in [0.15, 0.2) is 28.9 Å². The van der Waals surface area contributed by atoms with Crippen molar-refractivity contribution in [2.45, 2.75) is 0 Å². The van der Waals surface area contributed by atoms with Crippen LogP contribution in [0.5, 0.6) is 11.6 Å². The number of rotatable bonds is 2. The fourth-order valence-electron chi connectivity index (χ4n) is 1.10. The first-order valence-corrected chi connectivity index (χ1v) is 5.64. The highest BCUT2D eigenvalue weighted by Crippen LogP contribution is 2.31. The molecule has 0 fully saturated rings. The second-order valence-corrected chi connectivity index (χ2v) is 4.27. The van der Waals surface area contributed by atoms with Gasteiger partial charge in [-0.1, -0.05) is 0 Å². The first-order valence-electron chi connectivity index (χ1n) is 4.47. The quantitative estimate of drug-likeness (QED) is 0.862. The van der Waals surface area contributed by atoms with E-state index >= 15 is 0 Å². The molecule has 0 atom stereocenters. The van der Waals surface area contributed by atoms with Crippen molar-refractivity contribution >= 4 is 33.2 Å². The van der Waals surface area contributed by atoms with Crippen LogP contribution < -0.4 is 10.5 Å². The molecule has 0 aliphatic heterocycles. The minimum absolute atomic E-state index is 0.0208. The first-order chi connectivity index (χ1) is 8.06. The lowest BCUT2D eigenvalue weighted by molar-refractivity contribution is 0.459. The normalized spacial score (nSPS) is 10.3. The molecule has 0 bridgehead atoms. The molecular weight excluding hydrogens is 312 g/mol. The van der Waals surface area contributed by atoms with Crippen LogP contribution >= 0.6 is 27.5 Å². The first kappa shape index (κ1) is 12.1. The molecule has 2 aromatic rings. The van der Waals surface area contributed by atoms with Gasteiger partial charge in [-0.05, 0) is 45.7 Å². The molecule has 0 unspecified atom stereocenters. The summed E-state index contributed by atoms with van der Waals surface area (Å²) < 4.78 is 18.7. The summed E-state index contributed by atoms with van der Waals surface area (Å²) >= 11 is 8.78. The van der Waals surface area contributed by atoms with Crippen molar-refractivity contribution in [3.63, 3.8) is 0 Å². The molecule has 1 aromatic heterocycles. The van der Waals surface area contributed by atoms with Crippen molar-refractivity contribution < 1.29 is 9.13 Å². The number of halogens is 3. The molecule has 0 aliphatic carbocycles. The van der Waals surface area contributed by atoms with Gasteiger partial charge in [-0.25, -0.2) is 9.37 Å². The summed E-state index contributed by atoms with van der Waals surface area (Å²) in [6, 6.07) is 3.99. The van der Waals surface area contributed by atoms with Gasteiger partial charge in [-0.15, -0.1) is 0 Å². The van der Waals surface area contributed by atoms with Gasteiger partial charge in [0.1, 0.15) is 17.3 Å². The number of anilines is 1. The van der Waals surface area contributed by atoms with E-state index in [1.165, 1.54) is 24.4 Å². The molecule has 2 N–H and O–H groups in total. The van der Waals surface area contributed by atoms with E-state index in [1.54, 1.807) is 0 Å². The third-order valence-corrected chi connectivity index (χ3v) is 2.65. The average molecular weight is 319 g/mol. The molecule has 88 valence electrons. The highest BCUT2D eigenvalue weighted by atomic mass is 79.9. The number of benzene rings is 1. The number of nitrogen functional groups attached to an aromatic ring is 1. The van der Waals surface area contributed by atoms with Gasteiger partial charge >= 0.3 is 0 Å². The maximum atomic E-state index is 12.9. The molecule has 0 saturated heterocycles. The van der Waals surface area contributed by atoms with Crippen LogP contribution in [0.2, 0.25) is 5.28 Å². The lowest BCUT2D eigenvalue weighted by atomic mass is 10.3. The fraction of sp³-hybridized carbons (Fsp3) is 0. The van der Waals surface area contributed by atoms with Gasteiger partial charge in [0.05, 0.1) is 10.7 Å². The maximum Gasteiger partial charge on any atom is 0.247 e.